The molecule has 0 atom stereocenters. The number of hydrogen-bond acceptors (Lipinski definition) is 3. The van der Waals surface area contributed by atoms with E-state index in [1.165, 1.54) is 10.5 Å². The first kappa shape index (κ1) is 14.7. The van der Waals surface area contributed by atoms with Crippen LogP contribution in [0.25, 0.3) is 4.91 Å². The number of benzene rings is 2. The van der Waals surface area contributed by atoms with Crippen LogP contribution in [-0.4, -0.2) is 5.78 Å². The number of rotatable bonds is 3. The maximum Gasteiger partial charge on any atom is 0.187 e. The van der Waals surface area contributed by atoms with Crippen molar-refractivity contribution in [2.45, 2.75) is 0 Å². The third-order valence-electron chi connectivity index (χ3n) is 2.93. The fourth-order valence-electron chi connectivity index (χ4n) is 1.87. The summed E-state index contributed by atoms with van der Waals surface area (Å²) in [6.07, 6.45) is 1.71. The summed E-state index contributed by atoms with van der Waals surface area (Å²) >= 11 is 6.62. The monoisotopic (exact) mass is 374 g/mol. The van der Waals surface area contributed by atoms with Gasteiger partial charge < -0.3 is 0 Å². The summed E-state index contributed by atoms with van der Waals surface area (Å²) < 4.78 is 1.99. The van der Waals surface area contributed by atoms with Crippen molar-refractivity contribution in [1.82, 2.24) is 0 Å². The quantitative estimate of drug-likeness (QED) is 0.487. The molecule has 3 rings (SSSR count). The molecule has 0 amide bonds. The minimum absolute atomic E-state index is 0.0419. The van der Waals surface area contributed by atoms with Crippen molar-refractivity contribution in [3.05, 3.63) is 85.9 Å². The largest absolute Gasteiger partial charge is 0.289 e. The molecule has 1 nitrogen and oxygen atoms in total. The Morgan fingerprint density at radius 2 is 1.71 bits per heavy atom. The Kier molecular flexibility index (Phi) is 4.68. The molecule has 1 heterocycles. The molecule has 0 radical (unpaired) electrons. The highest BCUT2D eigenvalue weighted by Crippen LogP contribution is 2.48. The van der Waals surface area contributed by atoms with E-state index >= 15 is 0 Å². The smallest absolute Gasteiger partial charge is 0.187 e. The lowest BCUT2D eigenvalue weighted by atomic mass is 10.1. The van der Waals surface area contributed by atoms with Gasteiger partial charge in [-0.15, -0.1) is 0 Å². The molecule has 0 saturated heterocycles. The molecule has 21 heavy (non-hydrogen) atoms. The molecule has 0 bridgehead atoms. The van der Waals surface area contributed by atoms with Gasteiger partial charge in [-0.2, -0.15) is 0 Å². The molecule has 2 aromatic rings. The number of carbonyl (C=O) groups is 1. The van der Waals surface area contributed by atoms with E-state index in [0.717, 1.165) is 8.71 Å². The van der Waals surface area contributed by atoms with E-state index in [4.69, 9.17) is 0 Å². The topological polar surface area (TPSA) is 17.1 Å². The van der Waals surface area contributed by atoms with E-state index in [2.05, 4.69) is 33.5 Å². The van der Waals surface area contributed by atoms with Gasteiger partial charge in [0, 0.05) is 21.0 Å². The van der Waals surface area contributed by atoms with Gasteiger partial charge in [0.25, 0.3) is 0 Å². The van der Waals surface area contributed by atoms with E-state index in [0.29, 0.717) is 5.56 Å². The van der Waals surface area contributed by atoms with Crippen molar-refractivity contribution in [2.75, 3.05) is 0 Å². The van der Waals surface area contributed by atoms with Crippen LogP contribution in [0, 0.1) is 0 Å². The minimum Gasteiger partial charge on any atom is -0.289 e. The first-order valence-electron chi connectivity index (χ1n) is 6.34. The van der Waals surface area contributed by atoms with Crippen LogP contribution in [0.1, 0.15) is 15.9 Å². The van der Waals surface area contributed by atoms with Crippen molar-refractivity contribution < 1.29 is 4.79 Å². The van der Waals surface area contributed by atoms with Crippen molar-refractivity contribution in [2.24, 2.45) is 0 Å². The Morgan fingerprint density at radius 1 is 1.00 bits per heavy atom. The summed E-state index contributed by atoms with van der Waals surface area (Å²) in [5.41, 5.74) is 1.90. The van der Waals surface area contributed by atoms with Gasteiger partial charge in [0.15, 0.2) is 5.78 Å². The predicted octanol–water partition coefficient (Wildman–Crippen LogP) is 5.95. The molecule has 0 saturated carbocycles. The Morgan fingerprint density at radius 3 is 2.43 bits per heavy atom. The van der Waals surface area contributed by atoms with Gasteiger partial charge in [0.05, 0.1) is 4.24 Å². The summed E-state index contributed by atoms with van der Waals surface area (Å²) in [6, 6.07) is 17.6. The number of hydrogen-bond donors (Lipinski definition) is 0. The van der Waals surface area contributed by atoms with Crippen LogP contribution in [-0.2, 0) is 0 Å². The average Bonchev–Trinajstić information content (AvgIpc) is 2.97. The van der Waals surface area contributed by atoms with Crippen molar-refractivity contribution in [3.63, 3.8) is 0 Å². The SMILES string of the molecule is O=C(/C=C1\SC=C(c2ccccc2)S1)c1ccc(Br)cc1. The molecule has 1 aliphatic heterocycles. The van der Waals surface area contributed by atoms with Gasteiger partial charge in [0.1, 0.15) is 0 Å². The highest BCUT2D eigenvalue weighted by Gasteiger charge is 2.15. The van der Waals surface area contributed by atoms with Crippen LogP contribution in [0.5, 0.6) is 0 Å². The maximum atomic E-state index is 12.2. The first-order chi connectivity index (χ1) is 10.2. The van der Waals surface area contributed by atoms with Gasteiger partial charge in [-0.3, -0.25) is 4.79 Å². The highest BCUT2D eigenvalue weighted by molar-refractivity contribution is 9.10. The van der Waals surface area contributed by atoms with Crippen LogP contribution in [0.2, 0.25) is 0 Å². The molecule has 0 unspecified atom stereocenters. The molecule has 0 fully saturated rings. The summed E-state index contributed by atoms with van der Waals surface area (Å²) in [7, 11) is 0. The summed E-state index contributed by atoms with van der Waals surface area (Å²) in [5.74, 6) is 0.0419. The highest BCUT2D eigenvalue weighted by atomic mass is 79.9. The molecule has 1 aliphatic rings. The second-order valence-corrected chi connectivity index (χ2v) is 7.57. The number of carbonyl (C=O) groups excluding carboxylic acids is 1. The third-order valence-corrected chi connectivity index (χ3v) is 5.74. The van der Waals surface area contributed by atoms with Gasteiger partial charge in [-0.1, -0.05) is 69.8 Å². The van der Waals surface area contributed by atoms with Crippen LogP contribution < -0.4 is 0 Å². The zero-order valence-electron chi connectivity index (χ0n) is 11.0. The predicted molar refractivity (Wildman–Crippen MR) is 96.2 cm³/mol. The first-order valence-corrected chi connectivity index (χ1v) is 8.83. The van der Waals surface area contributed by atoms with Crippen molar-refractivity contribution in [3.8, 4) is 0 Å². The Labute approximate surface area is 140 Å². The Bertz CT molecular complexity index is 718. The molecule has 4 heteroatoms. The van der Waals surface area contributed by atoms with Crippen LogP contribution >= 0.6 is 39.5 Å². The van der Waals surface area contributed by atoms with Gasteiger partial charge in [-0.05, 0) is 35.2 Å². The van der Waals surface area contributed by atoms with E-state index in [-0.39, 0.29) is 5.78 Å². The average molecular weight is 375 g/mol. The van der Waals surface area contributed by atoms with Crippen LogP contribution in [0.4, 0.5) is 0 Å². The zero-order valence-corrected chi connectivity index (χ0v) is 14.2. The summed E-state index contributed by atoms with van der Waals surface area (Å²) in [5, 5.41) is 2.10. The van der Waals surface area contributed by atoms with Gasteiger partial charge >= 0.3 is 0 Å². The van der Waals surface area contributed by atoms with E-state index in [1.54, 1.807) is 29.6 Å². The molecular weight excluding hydrogens is 364 g/mol. The summed E-state index contributed by atoms with van der Waals surface area (Å²) in [4.78, 5) is 13.4. The fraction of sp³-hybridized carbons (Fsp3) is 0. The molecular formula is C17H11BrOS2. The second kappa shape index (κ2) is 6.69. The van der Waals surface area contributed by atoms with Gasteiger partial charge in [0.2, 0.25) is 0 Å². The number of halogens is 1. The lowest BCUT2D eigenvalue weighted by Gasteiger charge is -2.01. The van der Waals surface area contributed by atoms with E-state index in [9.17, 15) is 4.79 Å². The maximum absolute atomic E-state index is 12.2. The number of ketones is 1. The van der Waals surface area contributed by atoms with Crippen LogP contribution in [0.15, 0.2) is 74.8 Å². The van der Waals surface area contributed by atoms with Crippen molar-refractivity contribution in [1.29, 1.82) is 0 Å². The second-order valence-electron chi connectivity index (χ2n) is 4.40. The molecule has 0 aromatic heterocycles. The number of allylic oxidation sites excluding steroid dienone is 1. The lowest BCUT2D eigenvalue weighted by Crippen LogP contribution is -1.93. The summed E-state index contributed by atoms with van der Waals surface area (Å²) in [6.45, 7) is 0. The minimum atomic E-state index is 0.0419. The van der Waals surface area contributed by atoms with Crippen LogP contribution in [0.3, 0.4) is 0 Å². The standard InChI is InChI=1S/C17H11BrOS2/c18-14-8-6-12(7-9-14)15(19)10-17-20-11-16(21-17)13-4-2-1-3-5-13/h1-11H/b17-10+. The van der Waals surface area contributed by atoms with E-state index < -0.39 is 0 Å². The molecule has 0 N–H and O–H groups in total. The normalized spacial score (nSPS) is 16.0. The molecule has 0 spiro atoms. The third kappa shape index (κ3) is 3.70. The zero-order chi connectivity index (χ0) is 14.7. The Balaban J connectivity index is 1.72. The van der Waals surface area contributed by atoms with E-state index in [1.807, 2.05) is 42.5 Å². The number of thioether (sulfide) groups is 2. The molecule has 2 aromatic carbocycles. The molecule has 0 aliphatic carbocycles. The Hall–Kier alpha value is -1.23. The molecule has 104 valence electrons. The van der Waals surface area contributed by atoms with Gasteiger partial charge in [-0.25, -0.2) is 0 Å². The fourth-order valence-corrected chi connectivity index (χ4v) is 4.24. The van der Waals surface area contributed by atoms with Crippen molar-refractivity contribution >= 4 is 50.1 Å². The lowest BCUT2D eigenvalue weighted by molar-refractivity contribution is 0.104.